The average molecular weight is 496 g/mol. The molecule has 0 bridgehead atoms. The molecule has 0 aliphatic heterocycles. The number of benzene rings is 2. The van der Waals surface area contributed by atoms with Crippen LogP contribution in [0.1, 0.15) is 76.3 Å². The maximum Gasteiger partial charge on any atom is 0.408 e. The first-order valence-electron chi connectivity index (χ1n) is 12.4. The highest BCUT2D eigenvalue weighted by Gasteiger charge is 2.41. The van der Waals surface area contributed by atoms with Gasteiger partial charge in [0.2, 0.25) is 5.91 Å². The summed E-state index contributed by atoms with van der Waals surface area (Å²) in [6.45, 7) is 16.6. The van der Waals surface area contributed by atoms with Crippen LogP contribution in [0.3, 0.4) is 0 Å². The highest BCUT2D eigenvalue weighted by molar-refractivity contribution is 5.99. The van der Waals surface area contributed by atoms with E-state index in [-0.39, 0.29) is 18.4 Å². The molecule has 0 radical (unpaired) electrons. The first-order valence-corrected chi connectivity index (χ1v) is 12.4. The van der Waals surface area contributed by atoms with Gasteiger partial charge in [-0.3, -0.25) is 9.59 Å². The third-order valence-electron chi connectivity index (χ3n) is 6.29. The van der Waals surface area contributed by atoms with Crippen molar-refractivity contribution in [2.24, 2.45) is 0 Å². The van der Waals surface area contributed by atoms with Crippen LogP contribution in [0.2, 0.25) is 0 Å². The van der Waals surface area contributed by atoms with Crippen molar-refractivity contribution in [3.63, 3.8) is 0 Å². The van der Waals surface area contributed by atoms with Crippen molar-refractivity contribution >= 4 is 23.6 Å². The zero-order valence-electron chi connectivity index (χ0n) is 23.1. The number of hydrogen-bond acceptors (Lipinski definition) is 4. The van der Waals surface area contributed by atoms with E-state index in [0.717, 1.165) is 22.3 Å². The van der Waals surface area contributed by atoms with E-state index in [4.69, 9.17) is 4.74 Å². The first-order chi connectivity index (χ1) is 16.7. The standard InChI is InChI=1S/C29H41N3O4/c1-10-29(8,9)32(23(33)18-30-27(35)36-28(5,6)7)25(24-20(3)15-13-16-21(24)4)26(34)31-22-17-12-11-14-19(22)2/h11-17,25H,10,18H2,1-9H3,(H,30,35)(H,31,34). The summed E-state index contributed by atoms with van der Waals surface area (Å²) >= 11 is 0. The van der Waals surface area contributed by atoms with Gasteiger partial charge in [-0.25, -0.2) is 4.79 Å². The summed E-state index contributed by atoms with van der Waals surface area (Å²) in [6, 6.07) is 12.4. The molecule has 0 aliphatic rings. The Morgan fingerprint density at radius 2 is 1.44 bits per heavy atom. The number of para-hydroxylation sites is 1. The van der Waals surface area contributed by atoms with Crippen LogP contribution in [0, 0.1) is 20.8 Å². The Morgan fingerprint density at radius 3 is 1.97 bits per heavy atom. The molecule has 2 aromatic rings. The van der Waals surface area contributed by atoms with Crippen molar-refractivity contribution < 1.29 is 19.1 Å². The van der Waals surface area contributed by atoms with E-state index in [2.05, 4.69) is 10.6 Å². The molecule has 2 aromatic carbocycles. The Balaban J connectivity index is 2.55. The van der Waals surface area contributed by atoms with Gasteiger partial charge in [0.25, 0.3) is 5.91 Å². The molecule has 0 saturated heterocycles. The minimum Gasteiger partial charge on any atom is -0.444 e. The Morgan fingerprint density at radius 1 is 0.889 bits per heavy atom. The Bertz CT molecular complexity index is 1080. The molecule has 7 nitrogen and oxygen atoms in total. The lowest BCUT2D eigenvalue weighted by Crippen LogP contribution is -2.55. The van der Waals surface area contributed by atoms with Crippen molar-refractivity contribution in [2.75, 3.05) is 11.9 Å². The van der Waals surface area contributed by atoms with Gasteiger partial charge in [0, 0.05) is 11.2 Å². The number of amides is 3. The van der Waals surface area contributed by atoms with Crippen LogP contribution in [0.4, 0.5) is 10.5 Å². The zero-order chi connectivity index (χ0) is 27.3. The topological polar surface area (TPSA) is 87.7 Å². The van der Waals surface area contributed by atoms with Gasteiger partial charge < -0.3 is 20.3 Å². The molecule has 0 aromatic heterocycles. The van der Waals surface area contributed by atoms with Crippen LogP contribution >= 0.6 is 0 Å². The summed E-state index contributed by atoms with van der Waals surface area (Å²) in [5, 5.41) is 5.61. The minimum absolute atomic E-state index is 0.294. The van der Waals surface area contributed by atoms with Gasteiger partial charge >= 0.3 is 6.09 Å². The fraction of sp³-hybridized carbons (Fsp3) is 0.483. The number of rotatable bonds is 8. The molecular formula is C29H41N3O4. The lowest BCUT2D eigenvalue weighted by molar-refractivity contribution is -0.145. The van der Waals surface area contributed by atoms with Crippen molar-refractivity contribution in [2.45, 2.75) is 85.9 Å². The van der Waals surface area contributed by atoms with Crippen LogP contribution < -0.4 is 10.6 Å². The van der Waals surface area contributed by atoms with Crippen LogP contribution in [0.25, 0.3) is 0 Å². The average Bonchev–Trinajstić information content (AvgIpc) is 2.77. The van der Waals surface area contributed by atoms with E-state index in [1.54, 1.807) is 25.7 Å². The molecule has 1 atom stereocenters. The maximum absolute atomic E-state index is 14.0. The predicted octanol–water partition coefficient (Wildman–Crippen LogP) is 5.83. The number of hydrogen-bond donors (Lipinski definition) is 2. The van der Waals surface area contributed by atoms with Gasteiger partial charge in [-0.15, -0.1) is 0 Å². The Kier molecular flexibility index (Phi) is 9.30. The summed E-state index contributed by atoms with van der Waals surface area (Å²) < 4.78 is 5.30. The second kappa shape index (κ2) is 11.6. The van der Waals surface area contributed by atoms with Gasteiger partial charge in [0.1, 0.15) is 18.2 Å². The molecule has 0 aliphatic carbocycles. The molecular weight excluding hydrogens is 454 g/mol. The van der Waals surface area contributed by atoms with E-state index in [1.807, 2.05) is 84.0 Å². The number of carbonyl (C=O) groups is 3. The van der Waals surface area contributed by atoms with Crippen molar-refractivity contribution in [3.05, 3.63) is 64.7 Å². The molecule has 2 N–H and O–H groups in total. The highest BCUT2D eigenvalue weighted by atomic mass is 16.6. The van der Waals surface area contributed by atoms with E-state index < -0.39 is 23.3 Å². The number of ether oxygens (including phenoxy) is 1. The third-order valence-corrected chi connectivity index (χ3v) is 6.29. The monoisotopic (exact) mass is 495 g/mol. The van der Waals surface area contributed by atoms with Gasteiger partial charge in [0.15, 0.2) is 0 Å². The van der Waals surface area contributed by atoms with Crippen molar-refractivity contribution in [1.29, 1.82) is 0 Å². The van der Waals surface area contributed by atoms with Crippen LogP contribution in [-0.4, -0.2) is 40.5 Å². The number of nitrogens with zero attached hydrogens (tertiary/aromatic N) is 1. The second-order valence-electron chi connectivity index (χ2n) is 10.8. The van der Waals surface area contributed by atoms with E-state index in [0.29, 0.717) is 12.1 Å². The van der Waals surface area contributed by atoms with Gasteiger partial charge in [-0.05, 0) is 90.1 Å². The lowest BCUT2D eigenvalue weighted by atomic mass is 9.89. The summed E-state index contributed by atoms with van der Waals surface area (Å²) in [6.07, 6.45) is -0.0809. The fourth-order valence-corrected chi connectivity index (χ4v) is 4.10. The molecule has 36 heavy (non-hydrogen) atoms. The van der Waals surface area contributed by atoms with Crippen LogP contribution in [0.5, 0.6) is 0 Å². The van der Waals surface area contributed by atoms with Crippen LogP contribution in [-0.2, 0) is 14.3 Å². The molecule has 7 heteroatoms. The molecule has 0 heterocycles. The van der Waals surface area contributed by atoms with Gasteiger partial charge in [0.05, 0.1) is 0 Å². The largest absolute Gasteiger partial charge is 0.444 e. The summed E-state index contributed by atoms with van der Waals surface area (Å²) in [5.74, 6) is -0.686. The number of carbonyl (C=O) groups excluding carboxylic acids is 3. The number of nitrogens with one attached hydrogen (secondary N) is 2. The summed E-state index contributed by atoms with van der Waals surface area (Å²) in [7, 11) is 0. The molecule has 0 fully saturated rings. The number of anilines is 1. The summed E-state index contributed by atoms with van der Waals surface area (Å²) in [4.78, 5) is 41.6. The van der Waals surface area contributed by atoms with Crippen LogP contribution in [0.15, 0.2) is 42.5 Å². The molecule has 2 rings (SSSR count). The Hall–Kier alpha value is -3.35. The first kappa shape index (κ1) is 28.9. The Labute approximate surface area is 215 Å². The normalized spacial score (nSPS) is 12.5. The van der Waals surface area contributed by atoms with E-state index in [9.17, 15) is 14.4 Å². The quantitative estimate of drug-likeness (QED) is 0.482. The molecule has 1 unspecified atom stereocenters. The molecule has 3 amide bonds. The van der Waals surface area contributed by atoms with Gasteiger partial charge in [-0.1, -0.05) is 43.3 Å². The highest BCUT2D eigenvalue weighted by Crippen LogP contribution is 2.35. The lowest BCUT2D eigenvalue weighted by Gasteiger charge is -2.44. The second-order valence-corrected chi connectivity index (χ2v) is 10.8. The van der Waals surface area contributed by atoms with E-state index in [1.165, 1.54) is 0 Å². The van der Waals surface area contributed by atoms with Gasteiger partial charge in [-0.2, -0.15) is 0 Å². The number of alkyl carbamates (subject to hydrolysis) is 1. The SMILES string of the molecule is CCC(C)(C)N(C(=O)CNC(=O)OC(C)(C)C)C(C(=O)Nc1ccccc1C)c1c(C)cccc1C. The molecule has 196 valence electrons. The molecule has 0 spiro atoms. The smallest absolute Gasteiger partial charge is 0.408 e. The van der Waals surface area contributed by atoms with Crippen molar-refractivity contribution in [1.82, 2.24) is 10.2 Å². The minimum atomic E-state index is -0.909. The maximum atomic E-state index is 14.0. The third kappa shape index (κ3) is 7.33. The van der Waals surface area contributed by atoms with E-state index >= 15 is 0 Å². The zero-order valence-corrected chi connectivity index (χ0v) is 23.1. The fourth-order valence-electron chi connectivity index (χ4n) is 4.10. The predicted molar refractivity (Wildman–Crippen MR) is 144 cm³/mol. The number of aryl methyl sites for hydroxylation is 3. The molecule has 0 saturated carbocycles. The van der Waals surface area contributed by atoms with Crippen molar-refractivity contribution in [3.8, 4) is 0 Å². The summed E-state index contributed by atoms with van der Waals surface area (Å²) in [5.41, 5.74) is 2.82.